The van der Waals surface area contributed by atoms with E-state index in [0.29, 0.717) is 0 Å². The van der Waals surface area contributed by atoms with E-state index in [-0.39, 0.29) is 5.04 Å². The minimum Gasteiger partial charge on any atom is -0.449 e. The second kappa shape index (κ2) is 5.32. The maximum absolute atomic E-state index is 12.0. The molecule has 0 aromatic heterocycles. The van der Waals surface area contributed by atoms with Gasteiger partial charge in [-0.15, -0.1) is 0 Å². The molecule has 3 atom stereocenters. The molecule has 0 spiro atoms. The van der Waals surface area contributed by atoms with Gasteiger partial charge in [-0.3, -0.25) is 4.79 Å². The minimum absolute atomic E-state index is 0.152. The summed E-state index contributed by atoms with van der Waals surface area (Å²) in [6, 6.07) is 0. The van der Waals surface area contributed by atoms with Crippen molar-refractivity contribution < 1.29 is 29.0 Å². The Bertz CT molecular complexity index is 373. The first-order valence-electron chi connectivity index (χ1n) is 6.22. The Kier molecular flexibility index (Phi) is 4.56. The summed E-state index contributed by atoms with van der Waals surface area (Å²) in [7, 11) is -2.29. The summed E-state index contributed by atoms with van der Waals surface area (Å²) in [5.74, 6) is -1.40. The largest absolute Gasteiger partial charge is 0.449 e. The molecule has 1 unspecified atom stereocenters. The highest BCUT2D eigenvalue weighted by molar-refractivity contribution is 6.74. The first-order chi connectivity index (χ1) is 8.51. The van der Waals surface area contributed by atoms with Gasteiger partial charge in [0.05, 0.1) is 6.61 Å². The minimum atomic E-state index is -2.29. The summed E-state index contributed by atoms with van der Waals surface area (Å²) in [5, 5.41) is 18.1. The van der Waals surface area contributed by atoms with E-state index in [4.69, 9.17) is 14.3 Å². The van der Waals surface area contributed by atoms with Gasteiger partial charge in [0, 0.05) is 0 Å². The predicted molar refractivity (Wildman–Crippen MR) is 70.0 cm³/mol. The summed E-state index contributed by atoms with van der Waals surface area (Å²) >= 11 is 0. The molecule has 0 aromatic carbocycles. The van der Waals surface area contributed by atoms with Gasteiger partial charge in [0.1, 0.15) is 6.10 Å². The van der Waals surface area contributed by atoms with Crippen molar-refractivity contribution in [3.8, 4) is 0 Å². The smallest absolute Gasteiger partial charge is 0.342 e. The molecule has 6 nitrogen and oxygen atoms in total. The number of cyclic esters (lactones) is 1. The number of carbonyl (C=O) groups is 2. The van der Waals surface area contributed by atoms with Gasteiger partial charge in [0.15, 0.2) is 14.4 Å². The topological polar surface area (TPSA) is 93.1 Å². The van der Waals surface area contributed by atoms with E-state index >= 15 is 0 Å². The average Bonchev–Trinajstić information content (AvgIpc) is 2.54. The number of aliphatic hydroxyl groups excluding tert-OH is 2. The van der Waals surface area contributed by atoms with E-state index in [1.54, 1.807) is 0 Å². The lowest BCUT2D eigenvalue weighted by molar-refractivity contribution is -0.151. The van der Waals surface area contributed by atoms with Gasteiger partial charge >= 0.3 is 5.97 Å². The van der Waals surface area contributed by atoms with Crippen LogP contribution in [0, 0.1) is 0 Å². The number of carbonyl (C=O) groups excluding carboxylic acids is 2. The number of rotatable bonds is 4. The Labute approximate surface area is 113 Å². The standard InChI is InChI=1S/C12H22O6Si/c1-12(2,3)19(4,5)18-10-8(15)9(7(14)6-13)17-11(10)16/h7,9-10,13-14H,6H2,1-5H3/t7-,9+,10?/m0/s1. The Morgan fingerprint density at radius 1 is 1.37 bits per heavy atom. The molecular formula is C12H22O6Si. The van der Waals surface area contributed by atoms with Crippen molar-refractivity contribution in [2.45, 2.75) is 57.2 Å². The van der Waals surface area contributed by atoms with Gasteiger partial charge in [-0.05, 0) is 18.1 Å². The maximum Gasteiger partial charge on any atom is 0.342 e. The molecule has 0 aliphatic carbocycles. The number of aliphatic hydroxyl groups is 2. The fourth-order valence-corrected chi connectivity index (χ4v) is 2.61. The number of esters is 1. The third kappa shape index (κ3) is 3.22. The lowest BCUT2D eigenvalue weighted by Crippen LogP contribution is -2.48. The van der Waals surface area contributed by atoms with Crippen LogP contribution in [0.15, 0.2) is 0 Å². The van der Waals surface area contributed by atoms with Crippen LogP contribution in [0.5, 0.6) is 0 Å². The molecule has 0 bridgehead atoms. The normalized spacial score (nSPS) is 26.5. The lowest BCUT2D eigenvalue weighted by atomic mass is 10.1. The molecule has 1 heterocycles. The number of hydrogen-bond acceptors (Lipinski definition) is 6. The monoisotopic (exact) mass is 290 g/mol. The van der Waals surface area contributed by atoms with Crippen molar-refractivity contribution in [3.05, 3.63) is 0 Å². The summed E-state index contributed by atoms with van der Waals surface area (Å²) in [6.07, 6.45) is -4.01. The van der Waals surface area contributed by atoms with E-state index in [2.05, 4.69) is 0 Å². The van der Waals surface area contributed by atoms with Crippen LogP contribution >= 0.6 is 0 Å². The van der Waals surface area contributed by atoms with Crippen LogP contribution in [-0.2, 0) is 18.8 Å². The Balaban J connectivity index is 2.86. The first-order valence-corrected chi connectivity index (χ1v) is 9.13. The van der Waals surface area contributed by atoms with Crippen molar-refractivity contribution in [2.24, 2.45) is 0 Å². The highest BCUT2D eigenvalue weighted by Crippen LogP contribution is 2.38. The number of Topliss-reactive ketones (excluding diaryl/α,β-unsaturated/α-hetero) is 1. The van der Waals surface area contributed by atoms with E-state index < -0.39 is 45.0 Å². The fraction of sp³-hybridized carbons (Fsp3) is 0.833. The molecule has 0 amide bonds. The van der Waals surface area contributed by atoms with Crippen LogP contribution in [0.2, 0.25) is 18.1 Å². The Morgan fingerprint density at radius 2 is 1.89 bits per heavy atom. The van der Waals surface area contributed by atoms with Crippen LogP contribution in [0.1, 0.15) is 20.8 Å². The second-order valence-electron chi connectivity index (χ2n) is 6.27. The van der Waals surface area contributed by atoms with Crippen LogP contribution in [0.25, 0.3) is 0 Å². The number of ketones is 1. The molecule has 2 N–H and O–H groups in total. The summed E-state index contributed by atoms with van der Waals surface area (Å²) < 4.78 is 10.5. The summed E-state index contributed by atoms with van der Waals surface area (Å²) in [5.41, 5.74) is 0. The zero-order valence-corrected chi connectivity index (χ0v) is 13.0. The van der Waals surface area contributed by atoms with E-state index in [1.807, 2.05) is 33.9 Å². The quantitative estimate of drug-likeness (QED) is 0.437. The molecule has 7 heteroatoms. The van der Waals surface area contributed by atoms with E-state index in [9.17, 15) is 14.7 Å². The molecular weight excluding hydrogens is 268 g/mol. The van der Waals surface area contributed by atoms with Crippen molar-refractivity contribution >= 4 is 20.1 Å². The van der Waals surface area contributed by atoms with Crippen molar-refractivity contribution in [1.82, 2.24) is 0 Å². The first kappa shape index (κ1) is 16.3. The summed E-state index contributed by atoms with van der Waals surface area (Å²) in [4.78, 5) is 23.7. The van der Waals surface area contributed by atoms with Crippen molar-refractivity contribution in [1.29, 1.82) is 0 Å². The number of ether oxygens (including phenoxy) is 1. The van der Waals surface area contributed by atoms with Gasteiger partial charge in [-0.2, -0.15) is 0 Å². The zero-order valence-electron chi connectivity index (χ0n) is 12.0. The second-order valence-corrected chi connectivity index (χ2v) is 11.0. The van der Waals surface area contributed by atoms with Crippen LogP contribution in [-0.4, -0.2) is 55.2 Å². The molecule has 1 aliphatic heterocycles. The molecule has 0 radical (unpaired) electrons. The SMILES string of the molecule is CC(C)(C)[Si](C)(C)OC1C(=O)O[C@H]([C@@H](O)CO)C1=O. The van der Waals surface area contributed by atoms with Gasteiger partial charge in [-0.1, -0.05) is 20.8 Å². The lowest BCUT2D eigenvalue weighted by Gasteiger charge is -2.37. The molecule has 0 aromatic rings. The molecule has 1 aliphatic rings. The number of hydrogen-bond donors (Lipinski definition) is 2. The van der Waals surface area contributed by atoms with Gasteiger partial charge < -0.3 is 19.4 Å². The van der Waals surface area contributed by atoms with Gasteiger partial charge in [-0.25, -0.2) is 4.79 Å². The molecule has 110 valence electrons. The molecule has 19 heavy (non-hydrogen) atoms. The van der Waals surface area contributed by atoms with Gasteiger partial charge in [0.25, 0.3) is 0 Å². The molecule has 0 saturated carbocycles. The highest BCUT2D eigenvalue weighted by atomic mass is 28.4. The predicted octanol–water partition coefficient (Wildman–Crippen LogP) is 0.224. The van der Waals surface area contributed by atoms with Crippen LogP contribution in [0.4, 0.5) is 0 Å². The third-order valence-corrected chi connectivity index (χ3v) is 8.19. The molecule has 1 fully saturated rings. The third-order valence-electron chi connectivity index (χ3n) is 3.75. The molecule has 1 saturated heterocycles. The molecule has 1 rings (SSSR count). The maximum atomic E-state index is 12.0. The van der Waals surface area contributed by atoms with Gasteiger partial charge in [0.2, 0.25) is 11.9 Å². The Hall–Kier alpha value is -0.763. The summed E-state index contributed by atoms with van der Waals surface area (Å²) in [6.45, 7) is 9.17. The van der Waals surface area contributed by atoms with Crippen LogP contribution < -0.4 is 0 Å². The zero-order chi connectivity index (χ0) is 15.0. The van der Waals surface area contributed by atoms with E-state index in [1.165, 1.54) is 0 Å². The average molecular weight is 290 g/mol. The van der Waals surface area contributed by atoms with Crippen molar-refractivity contribution in [2.75, 3.05) is 6.61 Å². The van der Waals surface area contributed by atoms with Crippen LogP contribution in [0.3, 0.4) is 0 Å². The Morgan fingerprint density at radius 3 is 2.32 bits per heavy atom. The van der Waals surface area contributed by atoms with Crippen molar-refractivity contribution in [3.63, 3.8) is 0 Å². The fourth-order valence-electron chi connectivity index (χ4n) is 1.45. The van der Waals surface area contributed by atoms with E-state index in [0.717, 1.165) is 0 Å². The highest BCUT2D eigenvalue weighted by Gasteiger charge is 2.51.